The molecule has 20 heavy (non-hydrogen) atoms. The van der Waals surface area contributed by atoms with Gasteiger partial charge < -0.3 is 10.5 Å². The normalized spacial score (nSPS) is 10.3. The summed E-state index contributed by atoms with van der Waals surface area (Å²) in [6, 6.07) is 7.41. The molecule has 3 nitrogen and oxygen atoms in total. The topological polar surface area (TPSA) is 52.3 Å². The van der Waals surface area contributed by atoms with Gasteiger partial charge in [-0.05, 0) is 30.3 Å². The Morgan fingerprint density at radius 2 is 2.00 bits per heavy atom. The van der Waals surface area contributed by atoms with E-state index in [1.807, 2.05) is 0 Å². The van der Waals surface area contributed by atoms with Crippen molar-refractivity contribution in [2.75, 3.05) is 5.73 Å². The Morgan fingerprint density at radius 3 is 2.75 bits per heavy atom. The second-order valence-corrected chi connectivity index (χ2v) is 4.42. The standard InChI is InChI=1S/C14H10ClF2NO2/c15-11-3-1-2-10(13(11)18)14(19)20-7-8-6-9(16)4-5-12(8)17/h1-6H,7,18H2. The Labute approximate surface area is 118 Å². The first-order chi connectivity index (χ1) is 9.49. The van der Waals surface area contributed by atoms with Gasteiger partial charge in [0.15, 0.2) is 0 Å². The molecule has 0 heterocycles. The average molecular weight is 298 g/mol. The molecule has 2 aromatic rings. The van der Waals surface area contributed by atoms with Crippen LogP contribution in [0.3, 0.4) is 0 Å². The fraction of sp³-hybridized carbons (Fsp3) is 0.0714. The maximum atomic E-state index is 13.4. The summed E-state index contributed by atoms with van der Waals surface area (Å²) in [5, 5.41) is 0.219. The molecule has 0 atom stereocenters. The van der Waals surface area contributed by atoms with E-state index in [0.29, 0.717) is 0 Å². The summed E-state index contributed by atoms with van der Waals surface area (Å²) < 4.78 is 31.2. The number of rotatable bonds is 3. The predicted octanol–water partition coefficient (Wildman–Crippen LogP) is 3.56. The van der Waals surface area contributed by atoms with Crippen molar-refractivity contribution < 1.29 is 18.3 Å². The maximum absolute atomic E-state index is 13.4. The van der Waals surface area contributed by atoms with Crippen molar-refractivity contribution in [1.82, 2.24) is 0 Å². The molecule has 0 saturated carbocycles. The highest BCUT2D eigenvalue weighted by atomic mass is 35.5. The maximum Gasteiger partial charge on any atom is 0.340 e. The van der Waals surface area contributed by atoms with Crippen molar-refractivity contribution in [1.29, 1.82) is 0 Å². The van der Waals surface area contributed by atoms with E-state index in [4.69, 9.17) is 22.1 Å². The molecule has 0 spiro atoms. The number of esters is 1. The van der Waals surface area contributed by atoms with E-state index in [-0.39, 0.29) is 21.8 Å². The molecule has 0 radical (unpaired) electrons. The minimum atomic E-state index is -0.756. The highest BCUT2D eigenvalue weighted by molar-refractivity contribution is 6.33. The number of hydrogen-bond acceptors (Lipinski definition) is 3. The molecular weight excluding hydrogens is 288 g/mol. The number of para-hydroxylation sites is 1. The third-order valence-electron chi connectivity index (χ3n) is 2.64. The Bertz CT molecular complexity index is 662. The summed E-state index contributed by atoms with van der Waals surface area (Å²) in [7, 11) is 0. The van der Waals surface area contributed by atoms with Crippen LogP contribution in [0.1, 0.15) is 15.9 Å². The lowest BCUT2D eigenvalue weighted by Gasteiger charge is -2.08. The smallest absolute Gasteiger partial charge is 0.340 e. The highest BCUT2D eigenvalue weighted by Crippen LogP contribution is 2.23. The largest absolute Gasteiger partial charge is 0.457 e. The number of nitrogen functional groups attached to an aromatic ring is 1. The number of carbonyl (C=O) groups excluding carboxylic acids is 1. The van der Waals surface area contributed by atoms with E-state index in [1.165, 1.54) is 18.2 Å². The molecule has 0 aliphatic carbocycles. The van der Waals surface area contributed by atoms with E-state index >= 15 is 0 Å². The molecule has 0 aliphatic heterocycles. The molecule has 6 heteroatoms. The van der Waals surface area contributed by atoms with Crippen LogP contribution in [0.4, 0.5) is 14.5 Å². The lowest BCUT2D eigenvalue weighted by atomic mass is 10.2. The van der Waals surface area contributed by atoms with Gasteiger partial charge in [-0.25, -0.2) is 13.6 Å². The molecular formula is C14H10ClF2NO2. The van der Waals surface area contributed by atoms with Crippen molar-refractivity contribution in [2.24, 2.45) is 0 Å². The van der Waals surface area contributed by atoms with Crippen molar-refractivity contribution in [3.8, 4) is 0 Å². The number of carbonyl (C=O) groups is 1. The van der Waals surface area contributed by atoms with Gasteiger partial charge >= 0.3 is 5.97 Å². The van der Waals surface area contributed by atoms with Gasteiger partial charge in [-0.2, -0.15) is 0 Å². The van der Waals surface area contributed by atoms with E-state index in [2.05, 4.69) is 0 Å². The molecule has 2 aromatic carbocycles. The molecule has 0 aliphatic rings. The van der Waals surface area contributed by atoms with Crippen LogP contribution < -0.4 is 5.73 Å². The zero-order valence-corrected chi connectivity index (χ0v) is 11.0. The van der Waals surface area contributed by atoms with E-state index in [1.54, 1.807) is 0 Å². The van der Waals surface area contributed by atoms with E-state index < -0.39 is 24.2 Å². The Kier molecular flexibility index (Phi) is 4.20. The van der Waals surface area contributed by atoms with E-state index in [9.17, 15) is 13.6 Å². The fourth-order valence-electron chi connectivity index (χ4n) is 1.59. The highest BCUT2D eigenvalue weighted by Gasteiger charge is 2.14. The first-order valence-corrected chi connectivity index (χ1v) is 6.02. The molecule has 2 rings (SSSR count). The van der Waals surface area contributed by atoms with Crippen molar-refractivity contribution in [3.05, 3.63) is 64.2 Å². The quantitative estimate of drug-likeness (QED) is 0.696. The predicted molar refractivity (Wildman–Crippen MR) is 71.3 cm³/mol. The van der Waals surface area contributed by atoms with E-state index in [0.717, 1.165) is 18.2 Å². The van der Waals surface area contributed by atoms with Crippen LogP contribution in [0.5, 0.6) is 0 Å². The Morgan fingerprint density at radius 1 is 1.25 bits per heavy atom. The SMILES string of the molecule is Nc1c(Cl)cccc1C(=O)OCc1cc(F)ccc1F. The Balaban J connectivity index is 2.13. The number of ether oxygens (including phenoxy) is 1. The molecule has 0 saturated heterocycles. The van der Waals surface area contributed by atoms with Crippen LogP contribution in [0.25, 0.3) is 0 Å². The number of halogens is 3. The van der Waals surface area contributed by atoms with Gasteiger partial charge in [0.1, 0.15) is 18.2 Å². The first-order valence-electron chi connectivity index (χ1n) is 5.64. The van der Waals surface area contributed by atoms with Crippen LogP contribution in [0.15, 0.2) is 36.4 Å². The van der Waals surface area contributed by atoms with Crippen molar-refractivity contribution in [2.45, 2.75) is 6.61 Å². The van der Waals surface area contributed by atoms with Gasteiger partial charge in [-0.1, -0.05) is 17.7 Å². The van der Waals surface area contributed by atoms with Gasteiger partial charge in [0, 0.05) is 5.56 Å². The zero-order chi connectivity index (χ0) is 14.7. The summed E-state index contributed by atoms with van der Waals surface area (Å²) in [5.74, 6) is -2.02. The summed E-state index contributed by atoms with van der Waals surface area (Å²) in [5.41, 5.74) is 5.74. The summed E-state index contributed by atoms with van der Waals surface area (Å²) >= 11 is 5.78. The molecule has 2 N–H and O–H groups in total. The summed E-state index contributed by atoms with van der Waals surface area (Å²) in [4.78, 5) is 11.8. The number of hydrogen-bond donors (Lipinski definition) is 1. The number of benzene rings is 2. The van der Waals surface area contributed by atoms with Crippen molar-refractivity contribution >= 4 is 23.3 Å². The molecule has 104 valence electrons. The van der Waals surface area contributed by atoms with Gasteiger partial charge in [0.2, 0.25) is 0 Å². The second-order valence-electron chi connectivity index (χ2n) is 4.01. The molecule has 0 aromatic heterocycles. The second kappa shape index (κ2) is 5.88. The lowest BCUT2D eigenvalue weighted by molar-refractivity contribution is 0.0470. The van der Waals surface area contributed by atoms with Crippen LogP contribution in [-0.2, 0) is 11.3 Å². The van der Waals surface area contributed by atoms with Gasteiger partial charge in [0.05, 0.1) is 16.3 Å². The molecule has 0 bridgehead atoms. The zero-order valence-electron chi connectivity index (χ0n) is 10.2. The van der Waals surface area contributed by atoms with Gasteiger partial charge in [-0.3, -0.25) is 0 Å². The monoisotopic (exact) mass is 297 g/mol. The summed E-state index contributed by atoms with van der Waals surface area (Å²) in [6.45, 7) is -0.394. The van der Waals surface area contributed by atoms with Crippen LogP contribution >= 0.6 is 11.6 Å². The third-order valence-corrected chi connectivity index (χ3v) is 2.97. The molecule has 0 unspecified atom stereocenters. The minimum Gasteiger partial charge on any atom is -0.457 e. The van der Waals surface area contributed by atoms with Crippen LogP contribution in [0.2, 0.25) is 5.02 Å². The third kappa shape index (κ3) is 3.05. The number of anilines is 1. The van der Waals surface area contributed by atoms with Crippen LogP contribution in [-0.4, -0.2) is 5.97 Å². The first kappa shape index (κ1) is 14.3. The minimum absolute atomic E-state index is 0.0565. The molecule has 0 amide bonds. The van der Waals surface area contributed by atoms with Gasteiger partial charge in [-0.15, -0.1) is 0 Å². The van der Waals surface area contributed by atoms with Gasteiger partial charge in [0.25, 0.3) is 0 Å². The van der Waals surface area contributed by atoms with Crippen molar-refractivity contribution in [3.63, 3.8) is 0 Å². The Hall–Kier alpha value is -2.14. The fourth-order valence-corrected chi connectivity index (χ4v) is 1.76. The van der Waals surface area contributed by atoms with Crippen LogP contribution in [0, 0.1) is 11.6 Å². The lowest BCUT2D eigenvalue weighted by Crippen LogP contribution is -2.09. The molecule has 0 fully saturated rings. The summed E-state index contributed by atoms with van der Waals surface area (Å²) in [6.07, 6.45) is 0. The average Bonchev–Trinajstić information content (AvgIpc) is 2.42. The number of nitrogens with two attached hydrogens (primary N) is 1.